The van der Waals surface area contributed by atoms with Crippen LogP contribution in [0.15, 0.2) is 97.1 Å². The molecule has 0 unspecified atom stereocenters. The van der Waals surface area contributed by atoms with Crippen molar-refractivity contribution in [3.63, 3.8) is 0 Å². The quantitative estimate of drug-likeness (QED) is 0.0885. The molecule has 264 valence electrons. The van der Waals surface area contributed by atoms with Crippen LogP contribution in [0.25, 0.3) is 0 Å². The zero-order valence-corrected chi connectivity index (χ0v) is 27.5. The van der Waals surface area contributed by atoms with Crippen molar-refractivity contribution in [1.29, 1.82) is 0 Å². The van der Waals surface area contributed by atoms with E-state index in [4.69, 9.17) is 50.3 Å². The van der Waals surface area contributed by atoms with Crippen LogP contribution in [0.5, 0.6) is 11.5 Å². The van der Waals surface area contributed by atoms with Gasteiger partial charge in [0.1, 0.15) is 24.7 Å². The third kappa shape index (κ3) is 19.7. The van der Waals surface area contributed by atoms with Gasteiger partial charge in [0.25, 0.3) is 0 Å². The number of rotatable bonds is 16. The van der Waals surface area contributed by atoms with Crippen molar-refractivity contribution in [2.45, 2.75) is 38.9 Å². The van der Waals surface area contributed by atoms with Gasteiger partial charge < -0.3 is 50.3 Å². The molecule has 0 aliphatic rings. The molecule has 0 aromatic heterocycles. The summed E-state index contributed by atoms with van der Waals surface area (Å²) < 4.78 is 10.3. The van der Waals surface area contributed by atoms with Crippen LogP contribution >= 0.6 is 0 Å². The van der Waals surface area contributed by atoms with Crippen molar-refractivity contribution in [2.24, 2.45) is 0 Å². The predicted octanol–water partition coefficient (Wildman–Crippen LogP) is 2.61. The average Bonchev–Trinajstić information content (AvgIpc) is 3.13. The van der Waals surface area contributed by atoms with Crippen LogP contribution in [0.4, 0.5) is 0 Å². The molecule has 0 saturated carbocycles. The van der Waals surface area contributed by atoms with Crippen LogP contribution in [0, 0.1) is 0 Å². The zero-order valence-electron chi connectivity index (χ0n) is 27.5. The maximum atomic E-state index is 8.65. The molecule has 4 aromatic rings. The lowest BCUT2D eigenvalue weighted by Crippen LogP contribution is -2.03. The van der Waals surface area contributed by atoms with E-state index >= 15 is 0 Å². The summed E-state index contributed by atoms with van der Waals surface area (Å²) in [5, 5.41) is 68.9. The largest absolute Gasteiger partial charge is 0.491 e. The Morgan fingerprint density at radius 3 is 0.708 bits per heavy atom. The monoisotopic (exact) mass is 668 g/mol. The Hall–Kier alpha value is -3.84. The van der Waals surface area contributed by atoms with Gasteiger partial charge in [-0.3, -0.25) is 0 Å². The van der Waals surface area contributed by atoms with Crippen LogP contribution < -0.4 is 9.47 Å². The number of aliphatic hydroxyl groups is 8. The second-order valence-electron chi connectivity index (χ2n) is 10.3. The first kappa shape index (κ1) is 42.2. The fourth-order valence-electron chi connectivity index (χ4n) is 3.97. The second kappa shape index (κ2) is 28.2. The van der Waals surface area contributed by atoms with Crippen molar-refractivity contribution in [2.75, 3.05) is 52.9 Å². The highest BCUT2D eigenvalue weighted by Gasteiger charge is 1.96. The third-order valence-corrected chi connectivity index (χ3v) is 6.58. The molecule has 10 heteroatoms. The molecule has 8 N–H and O–H groups in total. The van der Waals surface area contributed by atoms with Crippen molar-refractivity contribution in [3.8, 4) is 11.5 Å². The fraction of sp³-hybridized carbons (Fsp3) is 0.368. The Balaban J connectivity index is 0.000000322. The highest BCUT2D eigenvalue weighted by Crippen LogP contribution is 2.17. The standard InChI is InChI=1S/C10H14O4.2C10H14O2.C8H10O2/c11-5-7-13-9-1-2-10(4-3-9)14-8-6-12;2*11-7-5-9-1-2-10(4-3-9)6-8-12;9-5-7-1-2-8(6-10)4-3-7/h1-4,11-12H,5-8H2;2*1-4,11-12H,5-8H2;1-4,9-10H,5-6H2. The van der Waals surface area contributed by atoms with Crippen molar-refractivity contribution in [3.05, 3.63) is 130 Å². The van der Waals surface area contributed by atoms with Gasteiger partial charge in [0.15, 0.2) is 0 Å². The molecule has 4 aromatic carbocycles. The van der Waals surface area contributed by atoms with Gasteiger partial charge in [0.05, 0.1) is 26.4 Å². The summed E-state index contributed by atoms with van der Waals surface area (Å²) in [7, 11) is 0. The zero-order chi connectivity index (χ0) is 35.2. The van der Waals surface area contributed by atoms with E-state index in [1.54, 1.807) is 48.5 Å². The minimum atomic E-state index is 0.00274. The lowest BCUT2D eigenvalue weighted by Gasteiger charge is -2.06. The van der Waals surface area contributed by atoms with Gasteiger partial charge in [-0.25, -0.2) is 0 Å². The Morgan fingerprint density at radius 1 is 0.292 bits per heavy atom. The normalized spacial score (nSPS) is 10.0. The molecule has 0 fully saturated rings. The molecule has 0 aliphatic heterocycles. The van der Waals surface area contributed by atoms with Crippen LogP contribution in [0.2, 0.25) is 0 Å². The molecule has 0 aliphatic carbocycles. The lowest BCUT2D eigenvalue weighted by molar-refractivity contribution is 0.198. The summed E-state index contributed by atoms with van der Waals surface area (Å²) in [5.41, 5.74) is 6.30. The van der Waals surface area contributed by atoms with Gasteiger partial charge in [-0.05, 0) is 83.3 Å². The second-order valence-corrected chi connectivity index (χ2v) is 10.3. The van der Waals surface area contributed by atoms with E-state index in [0.29, 0.717) is 37.2 Å². The highest BCUT2D eigenvalue weighted by atomic mass is 16.5. The van der Waals surface area contributed by atoms with E-state index in [1.165, 1.54) is 0 Å². The molecule has 0 amide bonds. The van der Waals surface area contributed by atoms with Crippen molar-refractivity contribution in [1.82, 2.24) is 0 Å². The van der Waals surface area contributed by atoms with Crippen molar-refractivity contribution < 1.29 is 50.3 Å². The van der Waals surface area contributed by atoms with Gasteiger partial charge >= 0.3 is 0 Å². The van der Waals surface area contributed by atoms with Gasteiger partial charge in [0, 0.05) is 26.4 Å². The average molecular weight is 669 g/mol. The number of ether oxygens (including phenoxy) is 2. The van der Waals surface area contributed by atoms with E-state index in [-0.39, 0.29) is 66.1 Å². The van der Waals surface area contributed by atoms with E-state index in [2.05, 4.69) is 0 Å². The number of benzene rings is 4. The molecule has 0 bridgehead atoms. The molecule has 10 nitrogen and oxygen atoms in total. The fourth-order valence-corrected chi connectivity index (χ4v) is 3.97. The lowest BCUT2D eigenvalue weighted by atomic mass is 10.1. The van der Waals surface area contributed by atoms with Crippen LogP contribution in [-0.4, -0.2) is 93.7 Å². The van der Waals surface area contributed by atoms with E-state index in [9.17, 15) is 0 Å². The smallest absolute Gasteiger partial charge is 0.119 e. The molecule has 0 heterocycles. The van der Waals surface area contributed by atoms with Gasteiger partial charge in [-0.2, -0.15) is 0 Å². The first-order chi connectivity index (χ1) is 23.5. The molecule has 4 rings (SSSR count). The van der Waals surface area contributed by atoms with Gasteiger partial charge in [-0.15, -0.1) is 0 Å². The summed E-state index contributed by atoms with van der Waals surface area (Å²) in [4.78, 5) is 0. The van der Waals surface area contributed by atoms with Gasteiger partial charge in [-0.1, -0.05) is 72.8 Å². The Bertz CT molecular complexity index is 1130. The first-order valence-corrected chi connectivity index (χ1v) is 15.9. The number of hydrogen-bond acceptors (Lipinski definition) is 10. The molecule has 48 heavy (non-hydrogen) atoms. The van der Waals surface area contributed by atoms with E-state index in [1.807, 2.05) is 48.5 Å². The Labute approximate surface area is 283 Å². The first-order valence-electron chi connectivity index (χ1n) is 15.9. The summed E-state index contributed by atoms with van der Waals surface area (Å²) in [6.45, 7) is 1.48. The third-order valence-electron chi connectivity index (χ3n) is 6.58. The minimum absolute atomic E-state index is 0.00274. The molecular formula is C38H52O10. The molecular weight excluding hydrogens is 616 g/mol. The van der Waals surface area contributed by atoms with Crippen LogP contribution in [0.1, 0.15) is 33.4 Å². The Morgan fingerprint density at radius 2 is 0.521 bits per heavy atom. The summed E-state index contributed by atoms with van der Waals surface area (Å²) in [6.07, 6.45) is 2.83. The van der Waals surface area contributed by atoms with Crippen molar-refractivity contribution >= 4 is 0 Å². The van der Waals surface area contributed by atoms with Crippen LogP contribution in [0.3, 0.4) is 0 Å². The predicted molar refractivity (Wildman–Crippen MR) is 186 cm³/mol. The van der Waals surface area contributed by atoms with E-state index in [0.717, 1.165) is 33.4 Å². The summed E-state index contributed by atoms with van der Waals surface area (Å²) >= 11 is 0. The minimum Gasteiger partial charge on any atom is -0.491 e. The molecule has 0 saturated heterocycles. The highest BCUT2D eigenvalue weighted by molar-refractivity contribution is 5.31. The maximum absolute atomic E-state index is 8.65. The molecule has 0 radical (unpaired) electrons. The summed E-state index contributed by atoms with van der Waals surface area (Å²) in [5.74, 6) is 1.38. The van der Waals surface area contributed by atoms with E-state index < -0.39 is 0 Å². The Kier molecular flexibility index (Phi) is 24.8. The van der Waals surface area contributed by atoms with Gasteiger partial charge in [0.2, 0.25) is 0 Å². The van der Waals surface area contributed by atoms with Crippen LogP contribution in [-0.2, 0) is 38.9 Å². The SMILES string of the molecule is OCCOc1ccc(OCCO)cc1.OCCc1ccc(CCO)cc1.OCCc1ccc(CCO)cc1.OCc1ccc(CO)cc1. The maximum Gasteiger partial charge on any atom is 0.119 e. The molecule has 0 atom stereocenters. The molecule has 0 spiro atoms. The topological polar surface area (TPSA) is 180 Å². The summed E-state index contributed by atoms with van der Waals surface area (Å²) in [6, 6.07) is 30.1. The number of aliphatic hydroxyl groups excluding tert-OH is 8. The number of hydrogen-bond donors (Lipinski definition) is 8.